The molecule has 0 aliphatic rings. The first kappa shape index (κ1) is 10.6. The van der Waals surface area contributed by atoms with Crippen molar-refractivity contribution in [3.8, 4) is 0 Å². The first-order valence-electron chi connectivity index (χ1n) is 4.33. The first-order valence-corrected chi connectivity index (χ1v) is 5.65. The minimum atomic E-state index is -0.789. The van der Waals surface area contributed by atoms with Gasteiger partial charge < -0.3 is 5.11 Å². The quantitative estimate of drug-likeness (QED) is 0.853. The van der Waals surface area contributed by atoms with Crippen molar-refractivity contribution in [1.29, 1.82) is 0 Å². The predicted octanol–water partition coefficient (Wildman–Crippen LogP) is 3.62. The molecule has 1 heterocycles. The smallest absolute Gasteiger partial charge is 0.142 e. The molecule has 0 aliphatic heterocycles. The van der Waals surface area contributed by atoms with E-state index in [1.165, 1.54) is 23.5 Å². The van der Waals surface area contributed by atoms with E-state index in [4.69, 9.17) is 11.6 Å². The average Bonchev–Trinajstić information content (AvgIpc) is 2.74. The van der Waals surface area contributed by atoms with Gasteiger partial charge in [-0.15, -0.1) is 0 Å². The maximum absolute atomic E-state index is 13.1. The number of benzene rings is 1. The molecule has 2 rings (SSSR count). The van der Waals surface area contributed by atoms with Gasteiger partial charge in [0.25, 0.3) is 0 Å². The Morgan fingerprint density at radius 1 is 1.27 bits per heavy atom. The summed E-state index contributed by atoms with van der Waals surface area (Å²) in [7, 11) is 0. The van der Waals surface area contributed by atoms with Gasteiger partial charge in [0.05, 0.1) is 5.02 Å². The molecule has 1 atom stereocenters. The molecule has 0 radical (unpaired) electrons. The Kier molecular flexibility index (Phi) is 3.05. The van der Waals surface area contributed by atoms with Gasteiger partial charge in [-0.2, -0.15) is 11.3 Å². The van der Waals surface area contributed by atoms with E-state index in [1.54, 1.807) is 6.07 Å². The first-order chi connectivity index (χ1) is 7.18. The van der Waals surface area contributed by atoms with Crippen molar-refractivity contribution in [2.24, 2.45) is 0 Å². The normalized spacial score (nSPS) is 12.7. The van der Waals surface area contributed by atoms with Crippen molar-refractivity contribution >= 4 is 22.9 Å². The van der Waals surface area contributed by atoms with E-state index in [9.17, 15) is 9.50 Å². The summed E-state index contributed by atoms with van der Waals surface area (Å²) >= 11 is 7.05. The lowest BCUT2D eigenvalue weighted by Gasteiger charge is -2.09. The zero-order chi connectivity index (χ0) is 10.8. The van der Waals surface area contributed by atoms with Crippen LogP contribution in [0.5, 0.6) is 0 Å². The van der Waals surface area contributed by atoms with Crippen LogP contribution < -0.4 is 0 Å². The van der Waals surface area contributed by atoms with Crippen LogP contribution >= 0.6 is 22.9 Å². The van der Waals surface area contributed by atoms with Crippen molar-refractivity contribution in [1.82, 2.24) is 0 Å². The maximum Gasteiger partial charge on any atom is 0.142 e. The summed E-state index contributed by atoms with van der Waals surface area (Å²) in [6.45, 7) is 0. The molecule has 78 valence electrons. The summed E-state index contributed by atoms with van der Waals surface area (Å²) in [6.07, 6.45) is -0.789. The molecule has 0 fully saturated rings. The summed E-state index contributed by atoms with van der Waals surface area (Å²) in [5.74, 6) is -0.511. The Morgan fingerprint density at radius 2 is 2.07 bits per heavy atom. The second kappa shape index (κ2) is 4.31. The monoisotopic (exact) mass is 242 g/mol. The molecule has 0 unspecified atom stereocenters. The fraction of sp³-hybridized carbons (Fsp3) is 0.0909. The summed E-state index contributed by atoms with van der Waals surface area (Å²) in [5, 5.41) is 13.7. The van der Waals surface area contributed by atoms with Gasteiger partial charge in [0.2, 0.25) is 0 Å². The fourth-order valence-electron chi connectivity index (χ4n) is 1.31. The summed E-state index contributed by atoms with van der Waals surface area (Å²) in [5.41, 5.74) is 1.28. The van der Waals surface area contributed by atoms with Gasteiger partial charge in [-0.1, -0.05) is 17.7 Å². The molecule has 0 spiro atoms. The third kappa shape index (κ3) is 2.20. The van der Waals surface area contributed by atoms with Gasteiger partial charge in [-0.3, -0.25) is 0 Å². The van der Waals surface area contributed by atoms with Gasteiger partial charge >= 0.3 is 0 Å². The Labute approximate surface area is 95.8 Å². The molecule has 2 aromatic rings. The number of hydrogen-bond donors (Lipinski definition) is 1. The van der Waals surface area contributed by atoms with Crippen molar-refractivity contribution in [3.05, 3.63) is 57.0 Å². The summed E-state index contributed by atoms with van der Waals surface area (Å²) in [4.78, 5) is 0. The Hall–Kier alpha value is -0.900. The highest BCUT2D eigenvalue weighted by molar-refractivity contribution is 7.07. The van der Waals surface area contributed by atoms with Crippen molar-refractivity contribution < 1.29 is 9.50 Å². The number of hydrogen-bond acceptors (Lipinski definition) is 2. The molecule has 4 heteroatoms. The van der Waals surface area contributed by atoms with Crippen LogP contribution in [0.4, 0.5) is 4.39 Å². The molecule has 1 N–H and O–H groups in total. The lowest BCUT2D eigenvalue weighted by Crippen LogP contribution is -1.98. The highest BCUT2D eigenvalue weighted by Gasteiger charge is 2.12. The lowest BCUT2D eigenvalue weighted by atomic mass is 10.0. The SMILES string of the molecule is O[C@@H](c1ccsc1)c1ccc(Cl)c(F)c1. The van der Waals surface area contributed by atoms with Crippen LogP contribution in [0.15, 0.2) is 35.0 Å². The molecule has 0 bridgehead atoms. The van der Waals surface area contributed by atoms with Crippen LogP contribution in [0, 0.1) is 5.82 Å². The van der Waals surface area contributed by atoms with Crippen LogP contribution in [-0.2, 0) is 0 Å². The third-order valence-electron chi connectivity index (χ3n) is 2.12. The number of thiophene rings is 1. The van der Waals surface area contributed by atoms with E-state index < -0.39 is 11.9 Å². The van der Waals surface area contributed by atoms with Crippen LogP contribution in [0.3, 0.4) is 0 Å². The zero-order valence-corrected chi connectivity index (χ0v) is 9.23. The van der Waals surface area contributed by atoms with Crippen LogP contribution in [0.1, 0.15) is 17.2 Å². The third-order valence-corrected chi connectivity index (χ3v) is 3.13. The van der Waals surface area contributed by atoms with Gasteiger partial charge in [-0.25, -0.2) is 4.39 Å². The van der Waals surface area contributed by atoms with Crippen molar-refractivity contribution in [2.45, 2.75) is 6.10 Å². The second-order valence-electron chi connectivity index (χ2n) is 3.13. The van der Waals surface area contributed by atoms with Gasteiger partial charge in [-0.05, 0) is 40.1 Å². The van der Waals surface area contributed by atoms with E-state index in [-0.39, 0.29) is 5.02 Å². The van der Waals surface area contributed by atoms with Gasteiger partial charge in [0, 0.05) is 0 Å². The average molecular weight is 243 g/mol. The fourth-order valence-corrected chi connectivity index (χ4v) is 2.10. The molecular weight excluding hydrogens is 235 g/mol. The van der Waals surface area contributed by atoms with Crippen molar-refractivity contribution in [3.63, 3.8) is 0 Å². The van der Waals surface area contributed by atoms with E-state index in [2.05, 4.69) is 0 Å². The highest BCUT2D eigenvalue weighted by Crippen LogP contribution is 2.26. The van der Waals surface area contributed by atoms with Crippen LogP contribution in [-0.4, -0.2) is 5.11 Å². The summed E-state index contributed by atoms with van der Waals surface area (Å²) < 4.78 is 13.1. The molecule has 0 amide bonds. The minimum absolute atomic E-state index is 0.0660. The molecule has 15 heavy (non-hydrogen) atoms. The van der Waals surface area contributed by atoms with Gasteiger partial charge in [0.15, 0.2) is 0 Å². The predicted molar refractivity (Wildman–Crippen MR) is 59.8 cm³/mol. The number of halogens is 2. The topological polar surface area (TPSA) is 20.2 Å². The molecule has 1 nitrogen and oxygen atoms in total. The van der Waals surface area contributed by atoms with Crippen molar-refractivity contribution in [2.75, 3.05) is 0 Å². The largest absolute Gasteiger partial charge is 0.384 e. The van der Waals surface area contributed by atoms with Crippen LogP contribution in [0.25, 0.3) is 0 Å². The zero-order valence-electron chi connectivity index (χ0n) is 7.65. The molecule has 1 aromatic heterocycles. The maximum atomic E-state index is 13.1. The molecule has 0 saturated heterocycles. The Bertz CT molecular complexity index is 456. The van der Waals surface area contributed by atoms with Gasteiger partial charge in [0.1, 0.15) is 11.9 Å². The van der Waals surface area contributed by atoms with E-state index in [1.807, 2.05) is 16.8 Å². The molecule has 0 saturated carbocycles. The standard InChI is InChI=1S/C11H8ClFOS/c12-9-2-1-7(5-10(9)13)11(14)8-3-4-15-6-8/h1-6,11,14H/t11-/m1/s1. The number of aliphatic hydroxyl groups is 1. The molecular formula is C11H8ClFOS. The molecule has 0 aliphatic carbocycles. The van der Waals surface area contributed by atoms with E-state index in [0.29, 0.717) is 5.56 Å². The number of aliphatic hydroxyl groups excluding tert-OH is 1. The minimum Gasteiger partial charge on any atom is -0.384 e. The Morgan fingerprint density at radius 3 is 2.67 bits per heavy atom. The highest BCUT2D eigenvalue weighted by atomic mass is 35.5. The lowest BCUT2D eigenvalue weighted by molar-refractivity contribution is 0.220. The summed E-state index contributed by atoms with van der Waals surface area (Å²) in [6, 6.07) is 6.13. The number of rotatable bonds is 2. The molecule has 1 aromatic carbocycles. The van der Waals surface area contributed by atoms with E-state index in [0.717, 1.165) is 5.56 Å². The second-order valence-corrected chi connectivity index (χ2v) is 4.32. The van der Waals surface area contributed by atoms with Crippen LogP contribution in [0.2, 0.25) is 5.02 Å². The van der Waals surface area contributed by atoms with E-state index >= 15 is 0 Å². The Balaban J connectivity index is 2.34.